The average molecular weight is 254 g/mol. The second-order valence-electron chi connectivity index (χ2n) is 4.86. The van der Waals surface area contributed by atoms with Crippen molar-refractivity contribution < 1.29 is 4.79 Å². The molecule has 0 heterocycles. The fourth-order valence-electron chi connectivity index (χ4n) is 1.79. The molecule has 0 fully saturated rings. The van der Waals surface area contributed by atoms with E-state index in [1.54, 1.807) is 0 Å². The Kier molecular flexibility index (Phi) is 13.5. The van der Waals surface area contributed by atoms with Crippen molar-refractivity contribution in [1.82, 2.24) is 5.43 Å². The molecule has 106 valence electrons. The summed E-state index contributed by atoms with van der Waals surface area (Å²) < 4.78 is 0. The lowest BCUT2D eigenvalue weighted by Gasteiger charge is -1.99. The van der Waals surface area contributed by atoms with Gasteiger partial charge in [0.25, 0.3) is 0 Å². The molecular weight excluding hydrogens is 224 g/mol. The van der Waals surface area contributed by atoms with Crippen LogP contribution in [0.3, 0.4) is 0 Å². The molecule has 0 aliphatic carbocycles. The molecule has 0 aliphatic heterocycles. The van der Waals surface area contributed by atoms with Crippen molar-refractivity contribution in [3.8, 4) is 0 Å². The lowest BCUT2D eigenvalue weighted by atomic mass is 10.1. The molecule has 0 radical (unpaired) electrons. The molecule has 0 saturated carbocycles. The van der Waals surface area contributed by atoms with Gasteiger partial charge in [-0.1, -0.05) is 58.8 Å². The molecule has 0 spiro atoms. The fourth-order valence-corrected chi connectivity index (χ4v) is 1.79. The van der Waals surface area contributed by atoms with Crippen LogP contribution in [-0.4, -0.2) is 12.1 Å². The first kappa shape index (κ1) is 17.1. The Morgan fingerprint density at radius 2 is 1.56 bits per heavy atom. The first-order valence-corrected chi connectivity index (χ1v) is 7.61. The van der Waals surface area contributed by atoms with Gasteiger partial charge in [-0.2, -0.15) is 5.10 Å². The largest absolute Gasteiger partial charge is 0.273 e. The Balaban J connectivity index is 3.24. The molecule has 0 unspecified atom stereocenters. The summed E-state index contributed by atoms with van der Waals surface area (Å²) >= 11 is 0. The van der Waals surface area contributed by atoms with Crippen LogP contribution in [-0.2, 0) is 4.79 Å². The van der Waals surface area contributed by atoms with Crippen molar-refractivity contribution in [2.24, 2.45) is 5.10 Å². The maximum atomic E-state index is 11.3. The van der Waals surface area contributed by atoms with Gasteiger partial charge >= 0.3 is 0 Å². The van der Waals surface area contributed by atoms with Gasteiger partial charge in [0, 0.05) is 12.6 Å². The third-order valence-corrected chi connectivity index (χ3v) is 2.97. The molecule has 0 rings (SSSR count). The summed E-state index contributed by atoms with van der Waals surface area (Å²) in [6.45, 7) is 4.37. The number of hydrogen-bond acceptors (Lipinski definition) is 2. The molecular formula is C15H30N2O. The third-order valence-electron chi connectivity index (χ3n) is 2.97. The number of hydrogen-bond donors (Lipinski definition) is 1. The number of nitrogens with one attached hydrogen (secondary N) is 1. The van der Waals surface area contributed by atoms with Crippen LogP contribution in [0.1, 0.15) is 84.5 Å². The lowest BCUT2D eigenvalue weighted by molar-refractivity contribution is -0.121. The molecule has 3 nitrogen and oxygen atoms in total. The highest BCUT2D eigenvalue weighted by Crippen LogP contribution is 2.05. The molecule has 0 atom stereocenters. The zero-order valence-corrected chi connectivity index (χ0v) is 12.2. The van der Waals surface area contributed by atoms with Gasteiger partial charge in [0.15, 0.2) is 0 Å². The first-order valence-electron chi connectivity index (χ1n) is 7.61. The molecule has 0 bridgehead atoms. The quantitative estimate of drug-likeness (QED) is 0.313. The van der Waals surface area contributed by atoms with E-state index in [0.717, 1.165) is 25.7 Å². The standard InChI is InChI=1S/C15H30N2O/c1-3-5-7-8-9-10-12-14-16-17-15(18)13-11-6-4-2/h14H,3-13H2,1-2H3,(H,17,18)/b16-14-. The normalized spacial score (nSPS) is 11.0. The number of carbonyl (C=O) groups is 1. The maximum Gasteiger partial charge on any atom is 0.240 e. The van der Waals surface area contributed by atoms with Crippen LogP contribution in [0, 0.1) is 0 Å². The van der Waals surface area contributed by atoms with Gasteiger partial charge in [-0.05, 0) is 19.3 Å². The summed E-state index contributed by atoms with van der Waals surface area (Å²) in [4.78, 5) is 11.3. The topological polar surface area (TPSA) is 41.5 Å². The van der Waals surface area contributed by atoms with Crippen molar-refractivity contribution in [1.29, 1.82) is 0 Å². The molecule has 0 saturated heterocycles. The van der Waals surface area contributed by atoms with Gasteiger partial charge in [0.05, 0.1) is 0 Å². The van der Waals surface area contributed by atoms with E-state index in [2.05, 4.69) is 24.4 Å². The molecule has 0 aromatic heterocycles. The highest BCUT2D eigenvalue weighted by atomic mass is 16.2. The number of carbonyl (C=O) groups excluding carboxylic acids is 1. The molecule has 18 heavy (non-hydrogen) atoms. The Morgan fingerprint density at radius 3 is 2.28 bits per heavy atom. The summed E-state index contributed by atoms with van der Waals surface area (Å²) in [5, 5.41) is 3.96. The molecule has 1 amide bonds. The molecule has 0 aromatic carbocycles. The summed E-state index contributed by atoms with van der Waals surface area (Å²) in [7, 11) is 0. The second-order valence-corrected chi connectivity index (χ2v) is 4.86. The Labute approximate surface area is 112 Å². The zero-order chi connectivity index (χ0) is 13.5. The summed E-state index contributed by atoms with van der Waals surface area (Å²) in [6, 6.07) is 0. The summed E-state index contributed by atoms with van der Waals surface area (Å²) in [5.41, 5.74) is 2.58. The minimum atomic E-state index is 0.0441. The van der Waals surface area contributed by atoms with Crippen LogP contribution in [0.15, 0.2) is 5.10 Å². The van der Waals surface area contributed by atoms with Crippen LogP contribution in [0.4, 0.5) is 0 Å². The van der Waals surface area contributed by atoms with Crippen LogP contribution in [0.5, 0.6) is 0 Å². The number of amides is 1. The number of hydrazone groups is 1. The van der Waals surface area contributed by atoms with E-state index in [9.17, 15) is 4.79 Å². The highest BCUT2D eigenvalue weighted by molar-refractivity contribution is 5.76. The van der Waals surface area contributed by atoms with Gasteiger partial charge in [-0.3, -0.25) is 4.79 Å². The van der Waals surface area contributed by atoms with Crippen LogP contribution in [0.25, 0.3) is 0 Å². The monoisotopic (exact) mass is 254 g/mol. The maximum absolute atomic E-state index is 11.3. The Hall–Kier alpha value is -0.860. The highest BCUT2D eigenvalue weighted by Gasteiger charge is 1.97. The van der Waals surface area contributed by atoms with Gasteiger partial charge < -0.3 is 0 Å². The van der Waals surface area contributed by atoms with E-state index >= 15 is 0 Å². The van der Waals surface area contributed by atoms with Crippen molar-refractivity contribution in [2.45, 2.75) is 84.5 Å². The molecule has 1 N–H and O–H groups in total. The van der Waals surface area contributed by atoms with Gasteiger partial charge in [-0.25, -0.2) is 5.43 Å². The van der Waals surface area contributed by atoms with Crippen molar-refractivity contribution in [2.75, 3.05) is 0 Å². The SMILES string of the molecule is CCCCCCCC/C=N\NC(=O)CCCCC. The van der Waals surface area contributed by atoms with E-state index in [4.69, 9.17) is 0 Å². The average Bonchev–Trinajstić information content (AvgIpc) is 2.37. The van der Waals surface area contributed by atoms with Gasteiger partial charge in [0.1, 0.15) is 0 Å². The van der Waals surface area contributed by atoms with E-state index in [-0.39, 0.29) is 5.91 Å². The molecule has 3 heteroatoms. The Bertz CT molecular complexity index is 215. The zero-order valence-electron chi connectivity index (χ0n) is 12.2. The first-order chi connectivity index (χ1) is 8.81. The lowest BCUT2D eigenvalue weighted by Crippen LogP contribution is -2.16. The van der Waals surface area contributed by atoms with Crippen LogP contribution >= 0.6 is 0 Å². The van der Waals surface area contributed by atoms with E-state index in [1.165, 1.54) is 38.5 Å². The number of nitrogens with zero attached hydrogens (tertiary/aromatic N) is 1. The minimum absolute atomic E-state index is 0.0441. The predicted octanol–water partition coefficient (Wildman–Crippen LogP) is 4.42. The van der Waals surface area contributed by atoms with Crippen LogP contribution < -0.4 is 5.43 Å². The fraction of sp³-hybridized carbons (Fsp3) is 0.867. The predicted molar refractivity (Wildman–Crippen MR) is 78.8 cm³/mol. The van der Waals surface area contributed by atoms with Gasteiger partial charge in [-0.15, -0.1) is 0 Å². The van der Waals surface area contributed by atoms with E-state index in [0.29, 0.717) is 6.42 Å². The van der Waals surface area contributed by atoms with Crippen molar-refractivity contribution in [3.63, 3.8) is 0 Å². The third kappa shape index (κ3) is 13.2. The van der Waals surface area contributed by atoms with E-state index in [1.807, 2.05) is 6.21 Å². The molecule has 0 aliphatic rings. The summed E-state index contributed by atoms with van der Waals surface area (Å²) in [6.07, 6.45) is 14.4. The van der Waals surface area contributed by atoms with Crippen LogP contribution in [0.2, 0.25) is 0 Å². The van der Waals surface area contributed by atoms with Crippen molar-refractivity contribution in [3.05, 3.63) is 0 Å². The number of unbranched alkanes of at least 4 members (excludes halogenated alkanes) is 8. The van der Waals surface area contributed by atoms with Crippen molar-refractivity contribution >= 4 is 12.1 Å². The van der Waals surface area contributed by atoms with E-state index < -0.39 is 0 Å². The second kappa shape index (κ2) is 14.2. The Morgan fingerprint density at radius 1 is 0.944 bits per heavy atom. The minimum Gasteiger partial charge on any atom is -0.273 e. The summed E-state index contributed by atoms with van der Waals surface area (Å²) in [5.74, 6) is 0.0441. The molecule has 0 aromatic rings. The van der Waals surface area contributed by atoms with Gasteiger partial charge in [0.2, 0.25) is 5.91 Å². The number of rotatable bonds is 12. The smallest absolute Gasteiger partial charge is 0.240 e.